The number of hydrogen-bond acceptors (Lipinski definition) is 4. The predicted molar refractivity (Wildman–Crippen MR) is 63.0 cm³/mol. The highest BCUT2D eigenvalue weighted by Gasteiger charge is 2.10. The van der Waals surface area contributed by atoms with E-state index in [0.29, 0.717) is 17.4 Å². The monoisotopic (exact) mass is 217 g/mol. The Morgan fingerprint density at radius 2 is 2.00 bits per heavy atom. The van der Waals surface area contributed by atoms with Gasteiger partial charge in [-0.3, -0.25) is 0 Å². The molecular formula is C12H15N3O. The van der Waals surface area contributed by atoms with Crippen molar-refractivity contribution in [3.63, 3.8) is 0 Å². The molecule has 4 heteroatoms. The van der Waals surface area contributed by atoms with Crippen molar-refractivity contribution in [1.82, 2.24) is 9.97 Å². The summed E-state index contributed by atoms with van der Waals surface area (Å²) in [5.41, 5.74) is 7.61. The minimum Gasteiger partial charge on any atom is -0.458 e. The molecule has 2 N–H and O–H groups in total. The molecule has 0 amide bonds. The summed E-state index contributed by atoms with van der Waals surface area (Å²) in [6.07, 6.45) is 0.861. The molecule has 0 aliphatic heterocycles. The number of nitrogens with zero attached hydrogens (tertiary/aromatic N) is 2. The lowest BCUT2D eigenvalue weighted by Crippen LogP contribution is -2.01. The van der Waals surface area contributed by atoms with E-state index < -0.39 is 0 Å². The van der Waals surface area contributed by atoms with Crippen molar-refractivity contribution in [2.75, 3.05) is 5.73 Å². The van der Waals surface area contributed by atoms with Crippen LogP contribution in [0.5, 0.6) is 0 Å². The smallest absolute Gasteiger partial charge is 0.197 e. The summed E-state index contributed by atoms with van der Waals surface area (Å²) < 4.78 is 5.59. The number of aryl methyl sites for hydroxylation is 2. The number of hydrogen-bond donors (Lipinski definition) is 1. The molecule has 0 spiro atoms. The van der Waals surface area contributed by atoms with Crippen molar-refractivity contribution >= 4 is 5.82 Å². The highest BCUT2D eigenvalue weighted by molar-refractivity contribution is 5.53. The molecule has 0 saturated heterocycles. The SMILES string of the molecule is CCc1ccc(-c2nc(C)c(C)c(N)n2)o1. The lowest BCUT2D eigenvalue weighted by atomic mass is 10.2. The minimum absolute atomic E-state index is 0.511. The van der Waals surface area contributed by atoms with Gasteiger partial charge < -0.3 is 10.2 Å². The molecule has 0 aliphatic rings. The second-order valence-electron chi connectivity index (χ2n) is 3.76. The standard InChI is InChI=1S/C12H15N3O/c1-4-9-5-6-10(16-9)12-14-8(3)7(2)11(13)15-12/h5-6H,4H2,1-3H3,(H2,13,14,15). The van der Waals surface area contributed by atoms with Crippen LogP contribution in [0.15, 0.2) is 16.5 Å². The van der Waals surface area contributed by atoms with Gasteiger partial charge in [-0.25, -0.2) is 9.97 Å². The van der Waals surface area contributed by atoms with Crippen LogP contribution in [0.2, 0.25) is 0 Å². The fourth-order valence-corrected chi connectivity index (χ4v) is 1.45. The van der Waals surface area contributed by atoms with Crippen molar-refractivity contribution in [3.8, 4) is 11.6 Å². The molecule has 84 valence electrons. The largest absolute Gasteiger partial charge is 0.458 e. The Kier molecular flexibility index (Phi) is 2.64. The average Bonchev–Trinajstić information content (AvgIpc) is 2.73. The number of aromatic nitrogens is 2. The second-order valence-corrected chi connectivity index (χ2v) is 3.76. The molecule has 0 atom stereocenters. The fourth-order valence-electron chi connectivity index (χ4n) is 1.45. The molecule has 0 aromatic carbocycles. The maximum atomic E-state index is 5.81. The minimum atomic E-state index is 0.511. The maximum absolute atomic E-state index is 5.81. The molecule has 0 aliphatic carbocycles. The predicted octanol–water partition coefficient (Wildman–Crippen LogP) is 2.50. The summed E-state index contributed by atoms with van der Waals surface area (Å²) >= 11 is 0. The lowest BCUT2D eigenvalue weighted by molar-refractivity contribution is 0.525. The second kappa shape index (κ2) is 3.96. The molecule has 0 fully saturated rings. The van der Waals surface area contributed by atoms with E-state index in [1.54, 1.807) is 0 Å². The van der Waals surface area contributed by atoms with Crippen molar-refractivity contribution in [2.45, 2.75) is 27.2 Å². The Morgan fingerprint density at radius 1 is 1.25 bits per heavy atom. The van der Waals surface area contributed by atoms with Gasteiger partial charge in [0.15, 0.2) is 11.6 Å². The number of nitrogens with two attached hydrogens (primary N) is 1. The van der Waals surface area contributed by atoms with E-state index in [9.17, 15) is 0 Å². The first-order valence-electron chi connectivity index (χ1n) is 5.31. The van der Waals surface area contributed by atoms with E-state index in [-0.39, 0.29) is 0 Å². The van der Waals surface area contributed by atoms with Crippen LogP contribution in [0.4, 0.5) is 5.82 Å². The van der Waals surface area contributed by atoms with Crippen LogP contribution in [0, 0.1) is 13.8 Å². The summed E-state index contributed by atoms with van der Waals surface area (Å²) in [5.74, 6) is 2.67. The Bertz CT molecular complexity index is 494. The van der Waals surface area contributed by atoms with Gasteiger partial charge in [0.1, 0.15) is 11.6 Å². The van der Waals surface area contributed by atoms with Crippen molar-refractivity contribution in [1.29, 1.82) is 0 Å². The highest BCUT2D eigenvalue weighted by Crippen LogP contribution is 2.22. The summed E-state index contributed by atoms with van der Waals surface area (Å²) in [6, 6.07) is 3.81. The summed E-state index contributed by atoms with van der Waals surface area (Å²) in [5, 5.41) is 0. The van der Waals surface area contributed by atoms with Crippen LogP contribution >= 0.6 is 0 Å². The van der Waals surface area contributed by atoms with Gasteiger partial charge in [0.2, 0.25) is 0 Å². The third-order valence-electron chi connectivity index (χ3n) is 2.66. The first-order valence-corrected chi connectivity index (χ1v) is 5.31. The van der Waals surface area contributed by atoms with Crippen LogP contribution in [-0.4, -0.2) is 9.97 Å². The first-order chi connectivity index (χ1) is 7.61. The maximum Gasteiger partial charge on any atom is 0.197 e. The van der Waals surface area contributed by atoms with Crippen LogP contribution < -0.4 is 5.73 Å². The van der Waals surface area contributed by atoms with Gasteiger partial charge in [-0.05, 0) is 26.0 Å². The van der Waals surface area contributed by atoms with Gasteiger partial charge in [0.25, 0.3) is 0 Å². The van der Waals surface area contributed by atoms with Crippen LogP contribution in [-0.2, 0) is 6.42 Å². The van der Waals surface area contributed by atoms with Crippen molar-refractivity contribution in [2.24, 2.45) is 0 Å². The number of anilines is 1. The van der Waals surface area contributed by atoms with Crippen LogP contribution in [0.3, 0.4) is 0 Å². The zero-order valence-electron chi connectivity index (χ0n) is 9.74. The van der Waals surface area contributed by atoms with E-state index >= 15 is 0 Å². The average molecular weight is 217 g/mol. The van der Waals surface area contributed by atoms with Gasteiger partial charge in [-0.1, -0.05) is 6.92 Å². The Hall–Kier alpha value is -1.84. The highest BCUT2D eigenvalue weighted by atomic mass is 16.3. The molecule has 0 bridgehead atoms. The quantitative estimate of drug-likeness (QED) is 0.839. The molecule has 2 aromatic heterocycles. The third kappa shape index (κ3) is 1.78. The molecule has 0 radical (unpaired) electrons. The number of rotatable bonds is 2. The van der Waals surface area contributed by atoms with E-state index in [2.05, 4.69) is 9.97 Å². The van der Waals surface area contributed by atoms with Gasteiger partial charge in [0, 0.05) is 17.7 Å². The molecule has 0 unspecified atom stereocenters. The molecule has 16 heavy (non-hydrogen) atoms. The van der Waals surface area contributed by atoms with Gasteiger partial charge >= 0.3 is 0 Å². The fraction of sp³-hybridized carbons (Fsp3) is 0.333. The Labute approximate surface area is 94.5 Å². The normalized spacial score (nSPS) is 10.7. The van der Waals surface area contributed by atoms with Crippen LogP contribution in [0.1, 0.15) is 23.9 Å². The van der Waals surface area contributed by atoms with E-state index in [0.717, 1.165) is 23.4 Å². The Balaban J connectivity index is 2.48. The summed E-state index contributed by atoms with van der Waals surface area (Å²) in [7, 11) is 0. The summed E-state index contributed by atoms with van der Waals surface area (Å²) in [4.78, 5) is 8.59. The van der Waals surface area contributed by atoms with Gasteiger partial charge in [-0.2, -0.15) is 0 Å². The molecule has 4 nitrogen and oxygen atoms in total. The molecule has 2 aromatic rings. The van der Waals surface area contributed by atoms with Gasteiger partial charge in [-0.15, -0.1) is 0 Å². The van der Waals surface area contributed by atoms with Crippen LogP contribution in [0.25, 0.3) is 11.6 Å². The van der Waals surface area contributed by atoms with E-state index in [1.807, 2.05) is 32.9 Å². The molecule has 0 saturated carbocycles. The zero-order valence-corrected chi connectivity index (χ0v) is 9.74. The zero-order chi connectivity index (χ0) is 11.7. The van der Waals surface area contributed by atoms with E-state index in [1.165, 1.54) is 0 Å². The van der Waals surface area contributed by atoms with Gasteiger partial charge in [0.05, 0.1) is 0 Å². The summed E-state index contributed by atoms with van der Waals surface area (Å²) in [6.45, 7) is 5.87. The Morgan fingerprint density at radius 3 is 2.56 bits per heavy atom. The third-order valence-corrected chi connectivity index (χ3v) is 2.66. The molecular weight excluding hydrogens is 202 g/mol. The lowest BCUT2D eigenvalue weighted by Gasteiger charge is -2.04. The van der Waals surface area contributed by atoms with Crippen molar-refractivity contribution < 1.29 is 4.42 Å². The number of furan rings is 1. The molecule has 2 rings (SSSR count). The van der Waals surface area contributed by atoms with E-state index in [4.69, 9.17) is 10.2 Å². The topological polar surface area (TPSA) is 64.9 Å². The van der Waals surface area contributed by atoms with Crippen molar-refractivity contribution in [3.05, 3.63) is 29.2 Å². The first kappa shape index (κ1) is 10.7. The molecule has 2 heterocycles. The number of nitrogen functional groups attached to an aromatic ring is 1.